The Morgan fingerprint density at radius 1 is 1.05 bits per heavy atom. The van der Waals surface area contributed by atoms with Gasteiger partial charge in [0.1, 0.15) is 6.07 Å². The molecule has 6 heteroatoms. The summed E-state index contributed by atoms with van der Waals surface area (Å²) in [6.45, 7) is 0. The van der Waals surface area contributed by atoms with Gasteiger partial charge in [-0.1, -0.05) is 35.3 Å². The van der Waals surface area contributed by atoms with Gasteiger partial charge < -0.3 is 10.6 Å². The number of amides is 2. The van der Waals surface area contributed by atoms with E-state index in [9.17, 15) is 4.79 Å². The van der Waals surface area contributed by atoms with Gasteiger partial charge in [-0.05, 0) is 30.3 Å². The van der Waals surface area contributed by atoms with E-state index in [0.29, 0.717) is 27.0 Å². The second-order valence-electron chi connectivity index (χ2n) is 3.86. The fourth-order valence-electron chi connectivity index (χ4n) is 1.56. The first-order chi connectivity index (χ1) is 9.60. The summed E-state index contributed by atoms with van der Waals surface area (Å²) in [5.41, 5.74) is 1.14. The van der Waals surface area contributed by atoms with Gasteiger partial charge in [0, 0.05) is 5.02 Å². The Kier molecular flexibility index (Phi) is 4.46. The van der Waals surface area contributed by atoms with Gasteiger partial charge in [-0.25, -0.2) is 4.79 Å². The largest absolute Gasteiger partial charge is 0.323 e. The Morgan fingerprint density at radius 3 is 2.45 bits per heavy atom. The van der Waals surface area contributed by atoms with Crippen LogP contribution in [0.3, 0.4) is 0 Å². The minimum atomic E-state index is -0.503. The highest BCUT2D eigenvalue weighted by Crippen LogP contribution is 2.23. The second-order valence-corrected chi connectivity index (χ2v) is 4.70. The third-order valence-corrected chi connectivity index (χ3v) is 3.04. The Bertz CT molecular complexity index is 695. The number of nitrogens with one attached hydrogen (secondary N) is 2. The molecule has 0 heterocycles. The van der Waals surface area contributed by atoms with E-state index >= 15 is 0 Å². The van der Waals surface area contributed by atoms with Crippen LogP contribution in [-0.2, 0) is 0 Å². The highest BCUT2D eigenvalue weighted by atomic mass is 35.5. The summed E-state index contributed by atoms with van der Waals surface area (Å²) in [6.07, 6.45) is 0. The molecule has 2 N–H and O–H groups in total. The van der Waals surface area contributed by atoms with E-state index in [4.69, 9.17) is 28.5 Å². The lowest BCUT2D eigenvalue weighted by Gasteiger charge is -2.10. The molecule has 0 atom stereocenters. The fourth-order valence-corrected chi connectivity index (χ4v) is 1.91. The zero-order valence-electron chi connectivity index (χ0n) is 10.2. The summed E-state index contributed by atoms with van der Waals surface area (Å²) in [5.74, 6) is 0. The zero-order valence-corrected chi connectivity index (χ0v) is 11.7. The first kappa shape index (κ1) is 14.2. The van der Waals surface area contributed by atoms with Gasteiger partial charge in [0.2, 0.25) is 0 Å². The highest BCUT2D eigenvalue weighted by molar-refractivity contribution is 6.33. The molecule has 0 aromatic heterocycles. The molecule has 0 aliphatic heterocycles. The number of hydrogen-bond acceptors (Lipinski definition) is 2. The van der Waals surface area contributed by atoms with Crippen LogP contribution in [0, 0.1) is 11.3 Å². The third-order valence-electron chi connectivity index (χ3n) is 2.47. The molecule has 0 saturated heterocycles. The number of carbonyl (C=O) groups excluding carboxylic acids is 1. The van der Waals surface area contributed by atoms with Crippen LogP contribution in [0.25, 0.3) is 0 Å². The number of halogens is 2. The monoisotopic (exact) mass is 305 g/mol. The lowest BCUT2D eigenvalue weighted by molar-refractivity contribution is 0.262. The smallest absolute Gasteiger partial charge is 0.306 e. The van der Waals surface area contributed by atoms with Crippen molar-refractivity contribution in [1.82, 2.24) is 0 Å². The Morgan fingerprint density at radius 2 is 1.75 bits per heavy atom. The molecule has 0 radical (unpaired) electrons. The van der Waals surface area contributed by atoms with Crippen LogP contribution in [0.15, 0.2) is 42.5 Å². The Balaban J connectivity index is 2.15. The van der Waals surface area contributed by atoms with Crippen molar-refractivity contribution in [2.24, 2.45) is 0 Å². The SMILES string of the molecule is N#Cc1ccc(Cl)cc1NC(=O)Nc1ccccc1Cl. The number of anilines is 2. The van der Waals surface area contributed by atoms with Crippen LogP contribution in [0.1, 0.15) is 5.56 Å². The van der Waals surface area contributed by atoms with E-state index in [1.165, 1.54) is 12.1 Å². The normalized spacial score (nSPS) is 9.65. The summed E-state index contributed by atoms with van der Waals surface area (Å²) >= 11 is 11.8. The van der Waals surface area contributed by atoms with Gasteiger partial charge in [-0.3, -0.25) is 0 Å². The van der Waals surface area contributed by atoms with E-state index in [1.807, 2.05) is 6.07 Å². The van der Waals surface area contributed by atoms with Crippen molar-refractivity contribution in [1.29, 1.82) is 5.26 Å². The van der Waals surface area contributed by atoms with Gasteiger partial charge >= 0.3 is 6.03 Å². The van der Waals surface area contributed by atoms with Crippen molar-refractivity contribution in [3.05, 3.63) is 58.1 Å². The van der Waals surface area contributed by atoms with E-state index in [2.05, 4.69) is 10.6 Å². The van der Waals surface area contributed by atoms with Crippen molar-refractivity contribution in [2.75, 3.05) is 10.6 Å². The summed E-state index contributed by atoms with van der Waals surface area (Å²) < 4.78 is 0. The van der Waals surface area contributed by atoms with Crippen LogP contribution in [0.4, 0.5) is 16.2 Å². The predicted octanol–water partition coefficient (Wildman–Crippen LogP) is 4.51. The first-order valence-corrected chi connectivity index (χ1v) is 6.38. The minimum Gasteiger partial charge on any atom is -0.306 e. The van der Waals surface area contributed by atoms with Gasteiger partial charge in [0.15, 0.2) is 0 Å². The second kappa shape index (κ2) is 6.29. The van der Waals surface area contributed by atoms with Crippen molar-refractivity contribution in [2.45, 2.75) is 0 Å². The van der Waals surface area contributed by atoms with E-state index in [0.717, 1.165) is 0 Å². The van der Waals surface area contributed by atoms with Crippen molar-refractivity contribution < 1.29 is 4.79 Å². The molecule has 2 aromatic carbocycles. The first-order valence-electron chi connectivity index (χ1n) is 5.62. The summed E-state index contributed by atoms with van der Waals surface area (Å²) in [5, 5.41) is 15.0. The molecule has 0 bridgehead atoms. The molecule has 0 aliphatic carbocycles. The van der Waals surface area contributed by atoms with Crippen LogP contribution in [-0.4, -0.2) is 6.03 Å². The number of carbonyl (C=O) groups is 1. The van der Waals surface area contributed by atoms with Crippen LogP contribution in [0.2, 0.25) is 10.0 Å². The molecule has 20 heavy (non-hydrogen) atoms. The van der Waals surface area contributed by atoms with E-state index < -0.39 is 6.03 Å². The van der Waals surface area contributed by atoms with E-state index in [-0.39, 0.29) is 0 Å². The molecule has 0 unspecified atom stereocenters. The summed E-state index contributed by atoms with van der Waals surface area (Å²) in [4.78, 5) is 11.9. The summed E-state index contributed by atoms with van der Waals surface area (Å²) in [7, 11) is 0. The molecule has 2 amide bonds. The lowest BCUT2D eigenvalue weighted by atomic mass is 10.2. The maximum absolute atomic E-state index is 11.9. The maximum atomic E-state index is 11.9. The van der Waals surface area contributed by atoms with Crippen LogP contribution < -0.4 is 10.6 Å². The minimum absolute atomic E-state index is 0.323. The molecular formula is C14H9Cl2N3O. The number of nitriles is 1. The number of para-hydroxylation sites is 1. The zero-order chi connectivity index (χ0) is 14.5. The number of nitrogens with zero attached hydrogens (tertiary/aromatic N) is 1. The molecule has 2 aromatic rings. The average molecular weight is 306 g/mol. The number of urea groups is 1. The Hall–Kier alpha value is -2.22. The standard InChI is InChI=1S/C14H9Cl2N3O/c15-10-6-5-9(8-17)13(7-10)19-14(20)18-12-4-2-1-3-11(12)16/h1-7H,(H2,18,19,20). The third kappa shape index (κ3) is 3.41. The predicted molar refractivity (Wildman–Crippen MR) is 80.3 cm³/mol. The number of hydrogen-bond donors (Lipinski definition) is 2. The van der Waals surface area contributed by atoms with Crippen molar-refractivity contribution >= 4 is 40.6 Å². The van der Waals surface area contributed by atoms with Crippen molar-refractivity contribution in [3.8, 4) is 6.07 Å². The number of rotatable bonds is 2. The maximum Gasteiger partial charge on any atom is 0.323 e. The fraction of sp³-hybridized carbons (Fsp3) is 0. The van der Waals surface area contributed by atoms with E-state index in [1.54, 1.807) is 30.3 Å². The highest BCUT2D eigenvalue weighted by Gasteiger charge is 2.09. The van der Waals surface area contributed by atoms with Gasteiger partial charge in [0.25, 0.3) is 0 Å². The molecule has 0 saturated carbocycles. The quantitative estimate of drug-likeness (QED) is 0.857. The molecule has 0 spiro atoms. The summed E-state index contributed by atoms with van der Waals surface area (Å²) in [6, 6.07) is 12.9. The van der Waals surface area contributed by atoms with Gasteiger partial charge in [0.05, 0.1) is 22.0 Å². The van der Waals surface area contributed by atoms with Gasteiger partial charge in [-0.15, -0.1) is 0 Å². The molecule has 0 fully saturated rings. The Labute approximate surface area is 125 Å². The topological polar surface area (TPSA) is 64.9 Å². The molecule has 2 rings (SSSR count). The molecule has 100 valence electrons. The molecular weight excluding hydrogens is 297 g/mol. The van der Waals surface area contributed by atoms with Crippen molar-refractivity contribution in [3.63, 3.8) is 0 Å². The number of benzene rings is 2. The van der Waals surface area contributed by atoms with Crippen LogP contribution in [0.5, 0.6) is 0 Å². The molecule has 0 aliphatic rings. The van der Waals surface area contributed by atoms with Crippen LogP contribution >= 0.6 is 23.2 Å². The average Bonchev–Trinajstić information content (AvgIpc) is 2.41. The van der Waals surface area contributed by atoms with Gasteiger partial charge in [-0.2, -0.15) is 5.26 Å². The lowest BCUT2D eigenvalue weighted by Crippen LogP contribution is -2.20. The molecule has 4 nitrogen and oxygen atoms in total.